The van der Waals surface area contributed by atoms with Crippen LogP contribution in [0.1, 0.15) is 49.3 Å². The molecule has 0 bridgehead atoms. The number of ether oxygens (including phenoxy) is 5. The number of amidine groups is 2. The zero-order valence-electron chi connectivity index (χ0n) is 58.7. The molecule has 0 radical (unpaired) electrons. The van der Waals surface area contributed by atoms with Crippen LogP contribution >= 0.6 is 69.5 Å². The minimum atomic E-state index is -1.68. The maximum atomic E-state index is 12.2. The monoisotopic (exact) mass is 1580 g/mol. The zero-order valence-corrected chi connectivity index (χ0v) is 64.1. The van der Waals surface area contributed by atoms with E-state index >= 15 is 0 Å². The van der Waals surface area contributed by atoms with E-state index in [-0.39, 0.29) is 16.6 Å². The van der Waals surface area contributed by atoms with E-state index < -0.39 is 17.0 Å². The van der Waals surface area contributed by atoms with Crippen molar-refractivity contribution in [2.45, 2.75) is 33.0 Å². The number of carbonyl (C=O) groups is 1. The zero-order chi connectivity index (χ0) is 76.5. The number of rotatable bonds is 20. The summed E-state index contributed by atoms with van der Waals surface area (Å²) >= 11 is 28.9. The Balaban J connectivity index is 0.000000155. The maximum absolute atomic E-state index is 12.2. The number of methoxy groups -OCH3 is 5. The molecule has 1 unspecified atom stereocenters. The number of aromatic amines is 2. The summed E-state index contributed by atoms with van der Waals surface area (Å²) in [6.07, 6.45) is 0. The first-order valence-electron chi connectivity index (χ1n) is 32.3. The van der Waals surface area contributed by atoms with E-state index in [1.807, 2.05) is 206 Å². The van der Waals surface area contributed by atoms with Crippen molar-refractivity contribution in [3.05, 3.63) is 302 Å². The van der Waals surface area contributed by atoms with Crippen molar-refractivity contribution in [2.24, 2.45) is 15.3 Å². The molecule has 12 aromatic rings. The molecular weight excluding hydrogens is 1510 g/mol. The summed E-state index contributed by atoms with van der Waals surface area (Å²) in [5.41, 5.74) is 27.1. The lowest BCUT2D eigenvalue weighted by Crippen LogP contribution is -2.21. The van der Waals surface area contributed by atoms with E-state index in [0.717, 1.165) is 112 Å². The van der Waals surface area contributed by atoms with Gasteiger partial charge in [-0.3, -0.25) is 24.1 Å². The first-order chi connectivity index (χ1) is 51.7. The Labute approximate surface area is 649 Å². The molecule has 107 heavy (non-hydrogen) atoms. The molecule has 552 valence electrons. The number of halogens is 5. The predicted octanol–water partition coefficient (Wildman–Crippen LogP) is 17.6. The number of nitrogens with two attached hydrogens (primary N) is 1. The lowest BCUT2D eigenvalue weighted by atomic mass is 9.97. The molecule has 0 saturated heterocycles. The lowest BCUT2D eigenvalue weighted by molar-refractivity contribution is 0.0827. The number of nitrogens with one attached hydrogen (secondary N) is 3. The van der Waals surface area contributed by atoms with Crippen LogP contribution in [0.3, 0.4) is 0 Å². The van der Waals surface area contributed by atoms with Gasteiger partial charge in [0.25, 0.3) is 5.91 Å². The summed E-state index contributed by atoms with van der Waals surface area (Å²) < 4.78 is 54.6. The molecule has 3 heterocycles. The molecule has 0 fully saturated rings. The van der Waals surface area contributed by atoms with Crippen LogP contribution in [0.25, 0.3) is 78.4 Å². The number of nitrogens with zero attached hydrogens (tertiary/aromatic N) is 5. The van der Waals surface area contributed by atoms with Crippen LogP contribution in [0.15, 0.2) is 236 Å². The average molecular weight is 1580 g/mol. The number of benzene rings is 10. The van der Waals surface area contributed by atoms with Crippen LogP contribution in [0.4, 0.5) is 0 Å². The largest absolute Gasteiger partial charge is 0.439 e. The Bertz CT molecular complexity index is 5030. The van der Waals surface area contributed by atoms with Crippen LogP contribution in [-0.4, -0.2) is 101 Å². The van der Waals surface area contributed by atoms with Crippen LogP contribution in [0, 0.1) is 0 Å². The van der Waals surface area contributed by atoms with E-state index in [9.17, 15) is 18.6 Å². The molecule has 2 aromatic heterocycles. The fourth-order valence-corrected chi connectivity index (χ4v) is 12.5. The van der Waals surface area contributed by atoms with E-state index in [4.69, 9.17) is 96.9 Å². The average Bonchev–Trinajstić information content (AvgIpc) is 1.82. The summed E-state index contributed by atoms with van der Waals surface area (Å²) in [7, 11) is 11.7. The first-order valence-corrected chi connectivity index (χ1v) is 36.0. The summed E-state index contributed by atoms with van der Waals surface area (Å²) in [6, 6.07) is 66.8. The summed E-state index contributed by atoms with van der Waals surface area (Å²) in [5.74, 6) is 0.886. The van der Waals surface area contributed by atoms with Gasteiger partial charge >= 0.3 is 21.9 Å². The Morgan fingerprint density at radius 3 is 1.25 bits per heavy atom. The topological polar surface area (TPSA) is 280 Å². The highest BCUT2D eigenvalue weighted by molar-refractivity contribution is 7.79. The second kappa shape index (κ2) is 40.1. The van der Waals surface area contributed by atoms with Crippen molar-refractivity contribution in [1.29, 1.82) is 0 Å². The minimum absolute atomic E-state index is 0.0248. The highest BCUT2D eigenvalue weighted by Gasteiger charge is 2.19. The highest BCUT2D eigenvalue weighted by Crippen LogP contribution is 2.34. The van der Waals surface area contributed by atoms with Gasteiger partial charge < -0.3 is 39.5 Å². The fraction of sp³-hybridized carbons (Fsp3) is 0.152. The molecule has 6 N–H and O–H groups in total. The molecular formula is C79H72Cl5N9O12S2. The van der Waals surface area contributed by atoms with E-state index in [1.165, 1.54) is 0 Å². The van der Waals surface area contributed by atoms with Gasteiger partial charge in [-0.15, -0.1) is 4.40 Å². The lowest BCUT2D eigenvalue weighted by Gasteiger charge is -2.13. The van der Waals surface area contributed by atoms with Crippen LogP contribution < -0.4 is 21.8 Å². The number of hydrogen-bond acceptors (Lipinski definition) is 17. The number of hydroxylamine groups is 1. The summed E-state index contributed by atoms with van der Waals surface area (Å²) in [5, 5.41) is 18.9. The number of hydrogen-bond donors (Lipinski definition) is 5. The van der Waals surface area contributed by atoms with Crippen LogP contribution in [0.2, 0.25) is 25.1 Å². The summed E-state index contributed by atoms with van der Waals surface area (Å²) in [6.45, 7) is 2.26. The molecule has 1 amide bonds. The van der Waals surface area contributed by atoms with Crippen molar-refractivity contribution >= 4 is 98.4 Å². The third-order valence-electron chi connectivity index (χ3n) is 15.9. The Kier molecular flexibility index (Phi) is 30.4. The molecule has 0 spiro atoms. The first kappa shape index (κ1) is 81.2. The Hall–Kier alpha value is -9.93. The number of amides is 1. The van der Waals surface area contributed by atoms with Crippen molar-refractivity contribution < 1.29 is 46.7 Å². The van der Waals surface area contributed by atoms with Gasteiger partial charge in [0, 0.05) is 114 Å². The van der Waals surface area contributed by atoms with E-state index in [0.29, 0.717) is 86.8 Å². The van der Waals surface area contributed by atoms with Gasteiger partial charge in [0.05, 0.1) is 33.0 Å². The van der Waals surface area contributed by atoms with Gasteiger partial charge in [-0.1, -0.05) is 178 Å². The molecule has 13 rings (SSSR count). The second-order valence-corrected chi connectivity index (χ2v) is 27.2. The van der Waals surface area contributed by atoms with Crippen molar-refractivity contribution in [3.63, 3.8) is 0 Å². The minimum Gasteiger partial charge on any atom is -0.409 e. The second-order valence-electron chi connectivity index (χ2n) is 23.5. The Morgan fingerprint density at radius 2 is 0.879 bits per heavy atom. The molecule has 1 aliphatic rings. The molecule has 1 atom stereocenters. The number of aromatic nitrogens is 4. The highest BCUT2D eigenvalue weighted by atomic mass is 35.5. The van der Waals surface area contributed by atoms with Gasteiger partial charge in [0.1, 0.15) is 0 Å². The SMILES string of the molecule is COCc1cc(-c2noc(=O)[nH]2)ccc1-c1ccc(Cl)cc1.COCc1cc(-c2nsc(=O)[nH]2)ccc1-c1ccc(Cl)cc1.COCc1cc(/C(N)=N/O)ccc1-c1ccc(Cl)cc1.COCc1cc(C(=O)N(C)C)cc(-c2ccc(Cl)cc2)c1.COCc1cc(C2=NS(=O)ON2)ccc1-c1ccc(Cl)cc1. The Morgan fingerprint density at radius 1 is 0.486 bits per heavy atom. The normalized spacial score (nSPS) is 12.2. The van der Waals surface area contributed by atoms with Gasteiger partial charge in [-0.2, -0.15) is 8.66 Å². The molecule has 0 aliphatic carbocycles. The number of oxime groups is 1. The maximum Gasteiger partial charge on any atom is 0.439 e. The van der Waals surface area contributed by atoms with Gasteiger partial charge in [-0.05, 0) is 187 Å². The van der Waals surface area contributed by atoms with Crippen molar-refractivity contribution in [2.75, 3.05) is 49.6 Å². The van der Waals surface area contributed by atoms with E-state index in [1.54, 1.807) is 60.6 Å². The van der Waals surface area contributed by atoms with E-state index in [2.05, 4.69) is 39.1 Å². The van der Waals surface area contributed by atoms with Crippen LogP contribution in [0.5, 0.6) is 0 Å². The van der Waals surface area contributed by atoms with Crippen molar-refractivity contribution in [1.82, 2.24) is 29.9 Å². The third-order valence-corrected chi connectivity index (χ3v) is 18.2. The fourth-order valence-electron chi connectivity index (χ4n) is 10.9. The standard InChI is InChI=1S/C17H18ClNO2.C16H13ClN2O3.C16H13ClN2O2S.C15H13ClN2O3S.C15H15ClN2O2/c1-19(2)17(20)15-9-12(11-21-3)8-14(10-15)13-4-6-16(18)7-5-13;2*1-21-9-12-8-11(15-18-16(20)22-19-15)4-7-14(12)10-2-5-13(17)6-3-10;1-20-9-12-8-11(15-17-21-22(19)18-15)4-7-14(12)10-2-5-13(16)6-3-10;1-20-9-12-8-11(15(17)18-19)4-7-14(12)10-2-5-13(16)6-3-10/h4-10H,11H2,1-3H3;2*2-8H,9H2,1H3,(H,18,19,20);2-8H,9H2,1H3,(H,17,18);2-8,19H,9H2,1H3,(H2,17,18). The molecule has 21 nitrogen and oxygen atoms in total. The number of carbonyl (C=O) groups excluding carboxylic acids is 1. The van der Waals surface area contributed by atoms with Gasteiger partial charge in [-0.25, -0.2) is 14.5 Å². The van der Waals surface area contributed by atoms with Gasteiger partial charge in [0.15, 0.2) is 23.3 Å². The third kappa shape index (κ3) is 23.0. The van der Waals surface area contributed by atoms with Gasteiger partial charge in [0.2, 0.25) is 0 Å². The smallest absolute Gasteiger partial charge is 0.409 e. The molecule has 1 aliphatic heterocycles. The van der Waals surface area contributed by atoms with Crippen LogP contribution in [-0.2, 0) is 72.3 Å². The molecule has 28 heteroatoms. The number of H-pyrrole nitrogens is 2. The summed E-state index contributed by atoms with van der Waals surface area (Å²) in [4.78, 5) is 41.2. The molecule has 10 aromatic carbocycles. The predicted molar refractivity (Wildman–Crippen MR) is 425 cm³/mol. The van der Waals surface area contributed by atoms with Crippen molar-refractivity contribution in [3.8, 4) is 78.4 Å². The quantitative estimate of drug-likeness (QED) is 0.0205. The molecule has 0 saturated carbocycles.